The number of nitrogens with zero attached hydrogens (tertiary/aromatic N) is 2. The van der Waals surface area contributed by atoms with Crippen LogP contribution < -0.4 is 0 Å². The van der Waals surface area contributed by atoms with Crippen LogP contribution in [0.2, 0.25) is 0 Å². The largest absolute Gasteiger partial charge is 0.481 e. The van der Waals surface area contributed by atoms with Crippen molar-refractivity contribution in [2.45, 2.75) is 64.8 Å². The summed E-state index contributed by atoms with van der Waals surface area (Å²) in [7, 11) is 0. The number of aromatic nitrogens is 2. The highest BCUT2D eigenvalue weighted by Crippen LogP contribution is 2.42. The number of carboxylic acids is 1. The monoisotopic (exact) mass is 278 g/mol. The van der Waals surface area contributed by atoms with Crippen LogP contribution in [0.25, 0.3) is 0 Å². The topological polar surface area (TPSA) is 55.1 Å². The van der Waals surface area contributed by atoms with Crippen LogP contribution in [0.3, 0.4) is 0 Å². The van der Waals surface area contributed by atoms with E-state index in [-0.39, 0.29) is 11.8 Å². The van der Waals surface area contributed by atoms with Crippen molar-refractivity contribution in [3.8, 4) is 0 Å². The van der Waals surface area contributed by atoms with E-state index in [0.29, 0.717) is 5.92 Å². The second kappa shape index (κ2) is 6.91. The van der Waals surface area contributed by atoms with Gasteiger partial charge in [-0.2, -0.15) is 5.10 Å². The van der Waals surface area contributed by atoms with Crippen LogP contribution in [0, 0.1) is 11.8 Å². The third-order valence-electron chi connectivity index (χ3n) is 4.54. The summed E-state index contributed by atoms with van der Waals surface area (Å²) >= 11 is 0. The maximum Gasteiger partial charge on any atom is 0.307 e. The van der Waals surface area contributed by atoms with E-state index >= 15 is 0 Å². The van der Waals surface area contributed by atoms with Gasteiger partial charge in [-0.05, 0) is 37.7 Å². The van der Waals surface area contributed by atoms with Crippen molar-refractivity contribution in [3.63, 3.8) is 0 Å². The van der Waals surface area contributed by atoms with Crippen LogP contribution in [-0.4, -0.2) is 20.9 Å². The number of aliphatic carboxylic acids is 1. The molecule has 0 amide bonds. The zero-order chi connectivity index (χ0) is 14.5. The molecule has 0 spiro atoms. The fourth-order valence-corrected chi connectivity index (χ4v) is 3.61. The molecular weight excluding hydrogens is 252 g/mol. The Morgan fingerprint density at radius 3 is 2.85 bits per heavy atom. The van der Waals surface area contributed by atoms with Crippen LogP contribution in [0.4, 0.5) is 0 Å². The van der Waals surface area contributed by atoms with Gasteiger partial charge < -0.3 is 5.11 Å². The molecule has 112 valence electrons. The van der Waals surface area contributed by atoms with Gasteiger partial charge in [0.05, 0.1) is 5.92 Å². The summed E-state index contributed by atoms with van der Waals surface area (Å²) in [5.41, 5.74) is 1.13. The highest BCUT2D eigenvalue weighted by Gasteiger charge is 2.37. The molecule has 1 aromatic heterocycles. The van der Waals surface area contributed by atoms with Crippen molar-refractivity contribution in [3.05, 3.63) is 18.0 Å². The molecule has 20 heavy (non-hydrogen) atoms. The molecule has 0 saturated heterocycles. The molecule has 0 bridgehead atoms. The van der Waals surface area contributed by atoms with E-state index in [9.17, 15) is 9.90 Å². The van der Waals surface area contributed by atoms with E-state index in [1.54, 1.807) is 0 Å². The normalized spacial score (nSPS) is 26.6. The third kappa shape index (κ3) is 3.22. The molecule has 2 rings (SSSR count). The van der Waals surface area contributed by atoms with Gasteiger partial charge in [0.1, 0.15) is 0 Å². The fraction of sp³-hybridized carbons (Fsp3) is 0.750. The second-order valence-electron chi connectivity index (χ2n) is 6.00. The summed E-state index contributed by atoms with van der Waals surface area (Å²) in [5.74, 6) is -0.0814. The van der Waals surface area contributed by atoms with E-state index in [1.807, 2.05) is 16.9 Å². The first kappa shape index (κ1) is 15.1. The highest BCUT2D eigenvalue weighted by molar-refractivity contribution is 5.71. The Morgan fingerprint density at radius 1 is 1.40 bits per heavy atom. The number of rotatable bonds is 6. The molecule has 3 unspecified atom stereocenters. The number of hydrogen-bond donors (Lipinski definition) is 1. The molecule has 1 aromatic rings. The standard InChI is InChI=1S/C16H26N2O2/c1-3-5-12-6-7-13(16(19)20)14(11-12)15-8-9-17-18(15)10-4-2/h8-9,12-14H,3-7,10-11H2,1-2H3,(H,19,20). The second-order valence-corrected chi connectivity index (χ2v) is 6.00. The Labute approximate surface area is 121 Å². The fourth-order valence-electron chi connectivity index (χ4n) is 3.61. The molecule has 1 N–H and O–H groups in total. The van der Waals surface area contributed by atoms with Crippen molar-refractivity contribution < 1.29 is 9.90 Å². The molecule has 4 nitrogen and oxygen atoms in total. The average molecular weight is 278 g/mol. The number of carboxylic acid groups (broad SMARTS) is 1. The van der Waals surface area contributed by atoms with Crippen LogP contribution >= 0.6 is 0 Å². The number of hydrogen-bond acceptors (Lipinski definition) is 2. The van der Waals surface area contributed by atoms with E-state index in [0.717, 1.165) is 37.9 Å². The van der Waals surface area contributed by atoms with Crippen LogP contribution in [0.5, 0.6) is 0 Å². The predicted molar refractivity (Wildman–Crippen MR) is 78.6 cm³/mol. The molecule has 0 radical (unpaired) electrons. The lowest BCUT2D eigenvalue weighted by Crippen LogP contribution is -2.30. The van der Waals surface area contributed by atoms with Gasteiger partial charge in [-0.15, -0.1) is 0 Å². The van der Waals surface area contributed by atoms with Crippen molar-refractivity contribution in [2.24, 2.45) is 11.8 Å². The van der Waals surface area contributed by atoms with Crippen molar-refractivity contribution in [1.82, 2.24) is 9.78 Å². The van der Waals surface area contributed by atoms with Gasteiger partial charge in [-0.25, -0.2) is 0 Å². The minimum Gasteiger partial charge on any atom is -0.481 e. The minimum atomic E-state index is -0.644. The Hall–Kier alpha value is -1.32. The lowest BCUT2D eigenvalue weighted by atomic mass is 9.71. The van der Waals surface area contributed by atoms with Gasteiger partial charge in [-0.3, -0.25) is 9.48 Å². The molecule has 3 atom stereocenters. The molecular formula is C16H26N2O2. The van der Waals surface area contributed by atoms with E-state index < -0.39 is 5.97 Å². The zero-order valence-corrected chi connectivity index (χ0v) is 12.6. The van der Waals surface area contributed by atoms with Gasteiger partial charge in [0, 0.05) is 24.4 Å². The first-order valence-electron chi connectivity index (χ1n) is 7.91. The van der Waals surface area contributed by atoms with Crippen molar-refractivity contribution in [2.75, 3.05) is 0 Å². The Morgan fingerprint density at radius 2 is 2.20 bits per heavy atom. The SMILES string of the molecule is CCCC1CCC(C(=O)O)C(c2ccnn2CCC)C1. The Kier molecular flexibility index (Phi) is 5.21. The van der Waals surface area contributed by atoms with E-state index in [2.05, 4.69) is 18.9 Å². The van der Waals surface area contributed by atoms with Crippen LogP contribution in [0.15, 0.2) is 12.3 Å². The summed E-state index contributed by atoms with van der Waals surface area (Å²) in [5, 5.41) is 13.9. The molecule has 1 saturated carbocycles. The predicted octanol–water partition coefficient (Wildman–Crippen LogP) is 3.68. The quantitative estimate of drug-likeness (QED) is 0.863. The summed E-state index contributed by atoms with van der Waals surface area (Å²) in [6, 6.07) is 2.02. The first-order chi connectivity index (χ1) is 9.67. The van der Waals surface area contributed by atoms with E-state index in [1.165, 1.54) is 12.8 Å². The maximum atomic E-state index is 11.6. The summed E-state index contributed by atoms with van der Waals surface area (Å²) in [4.78, 5) is 11.6. The first-order valence-corrected chi connectivity index (χ1v) is 7.91. The molecule has 1 fully saturated rings. The Bertz CT molecular complexity index is 441. The van der Waals surface area contributed by atoms with Crippen LogP contribution in [0.1, 0.15) is 64.0 Å². The summed E-state index contributed by atoms with van der Waals surface area (Å²) < 4.78 is 2.01. The highest BCUT2D eigenvalue weighted by atomic mass is 16.4. The molecule has 1 heterocycles. The Balaban J connectivity index is 2.22. The van der Waals surface area contributed by atoms with Gasteiger partial charge in [0.2, 0.25) is 0 Å². The maximum absolute atomic E-state index is 11.6. The van der Waals surface area contributed by atoms with Crippen molar-refractivity contribution in [1.29, 1.82) is 0 Å². The third-order valence-corrected chi connectivity index (χ3v) is 4.54. The van der Waals surface area contributed by atoms with Crippen LogP contribution in [-0.2, 0) is 11.3 Å². The van der Waals surface area contributed by atoms with Gasteiger partial charge in [-0.1, -0.05) is 26.7 Å². The van der Waals surface area contributed by atoms with Crippen molar-refractivity contribution >= 4 is 5.97 Å². The molecule has 1 aliphatic carbocycles. The number of aryl methyl sites for hydroxylation is 1. The smallest absolute Gasteiger partial charge is 0.307 e. The van der Waals surface area contributed by atoms with Gasteiger partial charge >= 0.3 is 5.97 Å². The summed E-state index contributed by atoms with van der Waals surface area (Å²) in [6.07, 6.45) is 8.10. The zero-order valence-electron chi connectivity index (χ0n) is 12.6. The summed E-state index contributed by atoms with van der Waals surface area (Å²) in [6.45, 7) is 5.21. The molecule has 0 aliphatic heterocycles. The number of carbonyl (C=O) groups is 1. The lowest BCUT2D eigenvalue weighted by Gasteiger charge is -2.34. The van der Waals surface area contributed by atoms with Gasteiger partial charge in [0.25, 0.3) is 0 Å². The average Bonchev–Trinajstić information content (AvgIpc) is 2.87. The molecule has 4 heteroatoms. The van der Waals surface area contributed by atoms with E-state index in [4.69, 9.17) is 0 Å². The van der Waals surface area contributed by atoms with Gasteiger partial charge in [0.15, 0.2) is 0 Å². The minimum absolute atomic E-state index is 0.131. The molecule has 1 aliphatic rings. The molecule has 0 aromatic carbocycles. The lowest BCUT2D eigenvalue weighted by molar-refractivity contribution is -0.144.